The molecular weight excluding hydrogens is 257 g/mol. The highest BCUT2D eigenvalue weighted by molar-refractivity contribution is 6.02. The fraction of sp³-hybridized carbons (Fsp3) is 0.400. The number of amides is 1. The first-order valence-corrected chi connectivity index (χ1v) is 6.69. The van der Waals surface area contributed by atoms with Crippen molar-refractivity contribution in [1.29, 1.82) is 0 Å². The van der Waals surface area contributed by atoms with Crippen LogP contribution in [-0.2, 0) is 4.79 Å². The lowest BCUT2D eigenvalue weighted by Crippen LogP contribution is -2.44. The molecule has 1 aromatic rings. The molecule has 5 heteroatoms. The summed E-state index contributed by atoms with van der Waals surface area (Å²) in [5.41, 5.74) is 1.86. The van der Waals surface area contributed by atoms with E-state index in [-0.39, 0.29) is 11.7 Å². The number of hydrogen-bond acceptors (Lipinski definition) is 3. The zero-order chi connectivity index (χ0) is 14.7. The summed E-state index contributed by atoms with van der Waals surface area (Å²) in [6, 6.07) is 3.18. The molecule has 1 N–H and O–H groups in total. The van der Waals surface area contributed by atoms with Crippen molar-refractivity contribution in [2.45, 2.75) is 6.92 Å². The van der Waals surface area contributed by atoms with Crippen LogP contribution in [-0.4, -0.2) is 44.0 Å². The minimum atomic E-state index is -0.325. The number of hydrogen-bond donors (Lipinski definition) is 1. The molecule has 0 aliphatic carbocycles. The zero-order valence-electron chi connectivity index (χ0n) is 11.9. The van der Waals surface area contributed by atoms with Crippen molar-refractivity contribution in [2.75, 3.05) is 43.4 Å². The van der Waals surface area contributed by atoms with Gasteiger partial charge < -0.3 is 15.1 Å². The summed E-state index contributed by atoms with van der Waals surface area (Å²) in [6.45, 7) is 8.73. The van der Waals surface area contributed by atoms with Gasteiger partial charge in [-0.3, -0.25) is 4.79 Å². The van der Waals surface area contributed by atoms with Crippen molar-refractivity contribution in [3.8, 4) is 0 Å². The van der Waals surface area contributed by atoms with E-state index in [1.54, 1.807) is 13.0 Å². The van der Waals surface area contributed by atoms with E-state index >= 15 is 0 Å². The molecule has 1 aliphatic rings. The van der Waals surface area contributed by atoms with Gasteiger partial charge in [-0.1, -0.05) is 6.58 Å². The van der Waals surface area contributed by atoms with Gasteiger partial charge in [-0.15, -0.1) is 0 Å². The van der Waals surface area contributed by atoms with Crippen molar-refractivity contribution in [3.05, 3.63) is 36.2 Å². The number of benzene rings is 1. The lowest BCUT2D eigenvalue weighted by molar-refractivity contribution is -0.111. The van der Waals surface area contributed by atoms with Crippen LogP contribution in [0.1, 0.15) is 5.56 Å². The summed E-state index contributed by atoms with van der Waals surface area (Å²) >= 11 is 0. The SMILES string of the molecule is C=CC(=O)Nc1c(N2CCN(C)CC2)ccc(F)c1C. The maximum atomic E-state index is 13.7. The smallest absolute Gasteiger partial charge is 0.247 e. The van der Waals surface area contributed by atoms with E-state index < -0.39 is 0 Å². The van der Waals surface area contributed by atoms with Gasteiger partial charge in [0.1, 0.15) is 5.82 Å². The Bertz CT molecular complexity index is 522. The largest absolute Gasteiger partial charge is 0.367 e. The Labute approximate surface area is 118 Å². The summed E-state index contributed by atoms with van der Waals surface area (Å²) in [6.07, 6.45) is 1.19. The summed E-state index contributed by atoms with van der Waals surface area (Å²) in [7, 11) is 2.08. The first-order chi connectivity index (χ1) is 9.52. The lowest BCUT2D eigenvalue weighted by Gasteiger charge is -2.35. The minimum absolute atomic E-state index is 0.317. The third-order valence-electron chi connectivity index (χ3n) is 3.65. The average molecular weight is 277 g/mol. The van der Waals surface area contributed by atoms with Gasteiger partial charge in [0.2, 0.25) is 5.91 Å². The third-order valence-corrected chi connectivity index (χ3v) is 3.65. The Hall–Kier alpha value is -1.88. The molecule has 0 unspecified atom stereocenters. The van der Waals surface area contributed by atoms with Crippen LogP contribution in [0.2, 0.25) is 0 Å². The van der Waals surface area contributed by atoms with Gasteiger partial charge in [0, 0.05) is 31.7 Å². The van der Waals surface area contributed by atoms with Gasteiger partial charge in [-0.25, -0.2) is 4.39 Å². The molecule has 1 aliphatic heterocycles. The van der Waals surface area contributed by atoms with E-state index in [4.69, 9.17) is 0 Å². The number of nitrogens with zero attached hydrogens (tertiary/aromatic N) is 2. The molecule has 1 saturated heterocycles. The molecule has 0 aromatic heterocycles. The summed E-state index contributed by atoms with van der Waals surface area (Å²) in [5.74, 6) is -0.642. The zero-order valence-corrected chi connectivity index (χ0v) is 11.9. The van der Waals surface area contributed by atoms with Crippen LogP contribution in [0.5, 0.6) is 0 Å². The number of likely N-dealkylation sites (N-methyl/N-ethyl adjacent to an activating group) is 1. The molecule has 1 amide bonds. The van der Waals surface area contributed by atoms with Crippen LogP contribution >= 0.6 is 0 Å². The van der Waals surface area contributed by atoms with Crippen molar-refractivity contribution in [2.24, 2.45) is 0 Å². The number of carbonyl (C=O) groups is 1. The molecule has 0 spiro atoms. The molecule has 0 atom stereocenters. The first kappa shape index (κ1) is 14.5. The van der Waals surface area contributed by atoms with Gasteiger partial charge in [-0.2, -0.15) is 0 Å². The molecule has 1 fully saturated rings. The molecule has 0 saturated carbocycles. The van der Waals surface area contributed by atoms with Crippen LogP contribution in [0.25, 0.3) is 0 Å². The Morgan fingerprint density at radius 1 is 1.35 bits per heavy atom. The Balaban J connectivity index is 2.34. The number of piperazine rings is 1. The van der Waals surface area contributed by atoms with Crippen LogP contribution in [0, 0.1) is 12.7 Å². The van der Waals surface area contributed by atoms with Gasteiger partial charge in [0.25, 0.3) is 0 Å². The van der Waals surface area contributed by atoms with Gasteiger partial charge >= 0.3 is 0 Å². The molecule has 1 heterocycles. The number of carbonyl (C=O) groups excluding carboxylic acids is 1. The van der Waals surface area contributed by atoms with E-state index in [2.05, 4.69) is 28.7 Å². The fourth-order valence-electron chi connectivity index (χ4n) is 2.31. The average Bonchev–Trinajstić information content (AvgIpc) is 2.45. The van der Waals surface area contributed by atoms with Crippen LogP contribution in [0.3, 0.4) is 0 Å². The molecule has 1 aromatic carbocycles. The Kier molecular flexibility index (Phi) is 4.39. The van der Waals surface area contributed by atoms with Gasteiger partial charge in [0.15, 0.2) is 0 Å². The standard InChI is InChI=1S/C15H20FN3O/c1-4-14(20)17-15-11(2)12(16)5-6-13(15)19-9-7-18(3)8-10-19/h4-6H,1,7-10H2,2-3H3,(H,17,20). The molecule has 4 nitrogen and oxygen atoms in total. The van der Waals surface area contributed by atoms with Crippen molar-refractivity contribution < 1.29 is 9.18 Å². The molecule has 20 heavy (non-hydrogen) atoms. The second kappa shape index (κ2) is 6.05. The van der Waals surface area contributed by atoms with Crippen molar-refractivity contribution >= 4 is 17.3 Å². The topological polar surface area (TPSA) is 35.6 Å². The highest BCUT2D eigenvalue weighted by Crippen LogP contribution is 2.31. The monoisotopic (exact) mass is 277 g/mol. The fourth-order valence-corrected chi connectivity index (χ4v) is 2.31. The second-order valence-electron chi connectivity index (χ2n) is 5.05. The van der Waals surface area contributed by atoms with Crippen LogP contribution < -0.4 is 10.2 Å². The lowest BCUT2D eigenvalue weighted by atomic mass is 10.1. The normalized spacial score (nSPS) is 16.1. The second-order valence-corrected chi connectivity index (χ2v) is 5.05. The predicted octanol–water partition coefficient (Wildman–Crippen LogP) is 2.01. The van der Waals surface area contributed by atoms with E-state index in [9.17, 15) is 9.18 Å². The number of nitrogens with one attached hydrogen (secondary N) is 1. The maximum absolute atomic E-state index is 13.7. The summed E-state index contributed by atoms with van der Waals surface area (Å²) in [5, 5.41) is 2.73. The highest BCUT2D eigenvalue weighted by Gasteiger charge is 2.20. The predicted molar refractivity (Wildman–Crippen MR) is 79.7 cm³/mol. The van der Waals surface area contributed by atoms with Crippen LogP contribution in [0.4, 0.5) is 15.8 Å². The summed E-state index contributed by atoms with van der Waals surface area (Å²) < 4.78 is 13.7. The maximum Gasteiger partial charge on any atom is 0.247 e. The number of halogens is 1. The van der Waals surface area contributed by atoms with Gasteiger partial charge in [-0.05, 0) is 32.2 Å². The summed E-state index contributed by atoms with van der Waals surface area (Å²) in [4.78, 5) is 16.0. The van der Waals surface area contributed by atoms with E-state index in [1.165, 1.54) is 12.1 Å². The quantitative estimate of drug-likeness (QED) is 0.859. The Morgan fingerprint density at radius 2 is 2.00 bits per heavy atom. The molecule has 0 bridgehead atoms. The number of anilines is 2. The molecule has 108 valence electrons. The van der Waals surface area contributed by atoms with E-state index in [0.717, 1.165) is 31.9 Å². The van der Waals surface area contributed by atoms with Gasteiger partial charge in [0.05, 0.1) is 11.4 Å². The first-order valence-electron chi connectivity index (χ1n) is 6.69. The Morgan fingerprint density at radius 3 is 2.60 bits per heavy atom. The number of rotatable bonds is 3. The van der Waals surface area contributed by atoms with Crippen molar-refractivity contribution in [1.82, 2.24) is 4.90 Å². The van der Waals surface area contributed by atoms with Crippen molar-refractivity contribution in [3.63, 3.8) is 0 Å². The highest BCUT2D eigenvalue weighted by atomic mass is 19.1. The van der Waals surface area contributed by atoms with Crippen LogP contribution in [0.15, 0.2) is 24.8 Å². The molecule has 0 radical (unpaired) electrons. The molecular formula is C15H20FN3O. The minimum Gasteiger partial charge on any atom is -0.367 e. The van der Waals surface area contributed by atoms with E-state index in [1.807, 2.05) is 0 Å². The molecule has 2 rings (SSSR count). The third kappa shape index (κ3) is 2.99. The van der Waals surface area contributed by atoms with E-state index in [0.29, 0.717) is 11.3 Å².